The van der Waals surface area contributed by atoms with Crippen molar-refractivity contribution in [2.45, 2.75) is 11.3 Å². The largest absolute Gasteiger partial charge is 0.347 e. The van der Waals surface area contributed by atoms with Crippen LogP contribution in [-0.2, 0) is 10.2 Å². The van der Waals surface area contributed by atoms with E-state index in [1.54, 1.807) is 73.6 Å². The summed E-state index contributed by atoms with van der Waals surface area (Å²) >= 11 is 0. The minimum Gasteiger partial charge on any atom is -0.347 e. The highest BCUT2D eigenvalue weighted by atomic mass is 19.1. The summed E-state index contributed by atoms with van der Waals surface area (Å²) in [6.45, 7) is 0. The van der Waals surface area contributed by atoms with Gasteiger partial charge < -0.3 is 4.90 Å². The second-order valence-electron chi connectivity index (χ2n) is 12.2. The predicted octanol–water partition coefficient (Wildman–Crippen LogP) is 9.33. The first-order chi connectivity index (χ1) is 22.3. The van der Waals surface area contributed by atoms with E-state index in [0.717, 1.165) is 33.4 Å². The zero-order valence-corrected chi connectivity index (χ0v) is 25.2. The van der Waals surface area contributed by atoms with Crippen molar-refractivity contribution in [3.05, 3.63) is 178 Å². The van der Waals surface area contributed by atoms with Crippen molar-refractivity contribution < 1.29 is 18.0 Å². The van der Waals surface area contributed by atoms with Crippen molar-refractivity contribution in [3.8, 4) is 33.4 Å². The Hall–Kier alpha value is -5.42. The Morgan fingerprint density at radius 2 is 0.848 bits per heavy atom. The van der Waals surface area contributed by atoms with E-state index in [0.29, 0.717) is 33.4 Å². The molecule has 0 unspecified atom stereocenters. The molecule has 0 fully saturated rings. The van der Waals surface area contributed by atoms with Crippen LogP contribution in [0.2, 0.25) is 0 Å². The van der Waals surface area contributed by atoms with Crippen LogP contribution in [0.15, 0.2) is 127 Å². The average Bonchev–Trinajstić information content (AvgIpc) is 3.07. The summed E-state index contributed by atoms with van der Waals surface area (Å²) in [5.41, 5.74) is 6.95. The first-order valence-corrected chi connectivity index (χ1v) is 15.2. The van der Waals surface area contributed by atoms with Gasteiger partial charge in [-0.1, -0.05) is 91.0 Å². The van der Waals surface area contributed by atoms with Crippen LogP contribution in [0.5, 0.6) is 0 Å². The highest BCUT2D eigenvalue weighted by Crippen LogP contribution is 2.61. The minimum absolute atomic E-state index is 0.198. The van der Waals surface area contributed by atoms with Gasteiger partial charge in [-0.05, 0) is 86.5 Å². The molecule has 224 valence electrons. The number of hydrogen-bond donors (Lipinski definition) is 0. The van der Waals surface area contributed by atoms with Gasteiger partial charge in [0.15, 0.2) is 0 Å². The molecule has 0 aliphatic heterocycles. The van der Waals surface area contributed by atoms with Crippen molar-refractivity contribution in [2.24, 2.45) is 0 Å². The third-order valence-electron chi connectivity index (χ3n) is 9.59. The molecular formula is C41H28F3NO. The number of benzene rings is 6. The van der Waals surface area contributed by atoms with Gasteiger partial charge in [-0.25, -0.2) is 13.2 Å². The Morgan fingerprint density at radius 3 is 1.15 bits per heavy atom. The zero-order chi connectivity index (χ0) is 31.7. The lowest BCUT2D eigenvalue weighted by atomic mass is 9.51. The summed E-state index contributed by atoms with van der Waals surface area (Å²) in [5, 5.41) is 0. The van der Waals surface area contributed by atoms with Gasteiger partial charge in [0, 0.05) is 36.7 Å². The number of rotatable bonds is 4. The first-order valence-electron chi connectivity index (χ1n) is 15.2. The van der Waals surface area contributed by atoms with Crippen LogP contribution in [0.1, 0.15) is 39.3 Å². The maximum atomic E-state index is 15.2. The van der Waals surface area contributed by atoms with E-state index in [4.69, 9.17) is 0 Å². The van der Waals surface area contributed by atoms with Crippen LogP contribution < -0.4 is 0 Å². The van der Waals surface area contributed by atoms with Crippen LogP contribution in [-0.4, -0.2) is 24.9 Å². The highest BCUT2D eigenvalue weighted by molar-refractivity contribution is 6.01. The Bertz CT molecular complexity index is 1990. The SMILES string of the molecule is CN(C)C(=O)C12c3cc(-c4ccccc4F)ccc3C(c3ccc(-c4ccccc4F)cc31)c1ccc(-c3ccccc3F)cc12. The van der Waals surface area contributed by atoms with E-state index < -0.39 is 5.41 Å². The molecule has 0 N–H and O–H groups in total. The number of amides is 1. The Kier molecular flexibility index (Phi) is 6.30. The van der Waals surface area contributed by atoms with Gasteiger partial charge in [0.2, 0.25) is 5.91 Å². The number of hydrogen-bond acceptors (Lipinski definition) is 1. The second kappa shape index (κ2) is 10.3. The standard InChI is InChI=1S/C41H28F3NO/c1-45(2)40(46)41-33-21-24(27-9-3-6-12-36(27)42)15-18-30(33)39(31-19-16-25(22-34(31)41)28-10-4-7-13-37(28)43)32-20-17-26(23-35(32)41)29-11-5-8-14-38(29)44/h3-23,39H,1-2H3. The van der Waals surface area contributed by atoms with Gasteiger partial charge in [-0.2, -0.15) is 0 Å². The number of carbonyl (C=O) groups is 1. The number of halogens is 3. The fraction of sp³-hybridized carbons (Fsp3) is 0.0976. The van der Waals surface area contributed by atoms with Gasteiger partial charge in [-0.3, -0.25) is 4.79 Å². The van der Waals surface area contributed by atoms with E-state index in [-0.39, 0.29) is 29.3 Å². The van der Waals surface area contributed by atoms with Crippen LogP contribution in [0.25, 0.3) is 33.4 Å². The number of likely N-dealkylation sites (N-methyl/N-ethyl adjacent to an activating group) is 1. The van der Waals surface area contributed by atoms with E-state index in [1.165, 1.54) is 18.2 Å². The van der Waals surface area contributed by atoms with E-state index >= 15 is 18.0 Å². The summed E-state index contributed by atoms with van der Waals surface area (Å²) in [6.07, 6.45) is 0. The summed E-state index contributed by atoms with van der Waals surface area (Å²) in [5.74, 6) is -1.52. The molecule has 0 aromatic heterocycles. The Labute approximate surface area is 265 Å². The number of nitrogens with zero attached hydrogens (tertiary/aromatic N) is 1. The maximum absolute atomic E-state index is 15.2. The van der Waals surface area contributed by atoms with E-state index in [1.807, 2.05) is 54.6 Å². The molecule has 3 aliphatic rings. The maximum Gasteiger partial charge on any atom is 0.241 e. The molecule has 0 spiro atoms. The quantitative estimate of drug-likeness (QED) is 0.196. The van der Waals surface area contributed by atoms with E-state index in [2.05, 4.69) is 0 Å². The fourth-order valence-corrected chi connectivity index (χ4v) is 7.61. The van der Waals surface area contributed by atoms with Gasteiger partial charge in [-0.15, -0.1) is 0 Å². The molecule has 0 heterocycles. The monoisotopic (exact) mass is 607 g/mol. The van der Waals surface area contributed by atoms with Crippen LogP contribution in [0.3, 0.4) is 0 Å². The van der Waals surface area contributed by atoms with Gasteiger partial charge >= 0.3 is 0 Å². The molecule has 1 amide bonds. The lowest BCUT2D eigenvalue weighted by Gasteiger charge is -2.50. The van der Waals surface area contributed by atoms with E-state index in [9.17, 15) is 0 Å². The molecule has 0 atom stereocenters. The average molecular weight is 608 g/mol. The molecule has 3 aliphatic carbocycles. The molecule has 5 heteroatoms. The Balaban J connectivity index is 1.49. The van der Waals surface area contributed by atoms with Crippen molar-refractivity contribution >= 4 is 5.91 Å². The van der Waals surface area contributed by atoms with Crippen LogP contribution >= 0.6 is 0 Å². The smallest absolute Gasteiger partial charge is 0.241 e. The van der Waals surface area contributed by atoms with Crippen molar-refractivity contribution in [3.63, 3.8) is 0 Å². The lowest BCUT2D eigenvalue weighted by Crippen LogP contribution is -2.52. The van der Waals surface area contributed by atoms with Crippen LogP contribution in [0, 0.1) is 17.5 Å². The van der Waals surface area contributed by atoms with Crippen molar-refractivity contribution in [2.75, 3.05) is 14.1 Å². The van der Waals surface area contributed by atoms with Crippen LogP contribution in [0.4, 0.5) is 13.2 Å². The highest BCUT2D eigenvalue weighted by Gasteiger charge is 2.57. The minimum atomic E-state index is -1.37. The molecule has 46 heavy (non-hydrogen) atoms. The third kappa shape index (κ3) is 3.87. The first kappa shape index (κ1) is 28.1. The van der Waals surface area contributed by atoms with Crippen molar-refractivity contribution in [1.29, 1.82) is 0 Å². The van der Waals surface area contributed by atoms with Gasteiger partial charge in [0.1, 0.15) is 22.9 Å². The zero-order valence-electron chi connectivity index (χ0n) is 25.2. The molecular weight excluding hydrogens is 579 g/mol. The number of carbonyl (C=O) groups excluding carboxylic acids is 1. The Morgan fingerprint density at radius 1 is 0.522 bits per heavy atom. The third-order valence-corrected chi connectivity index (χ3v) is 9.59. The molecule has 9 rings (SSSR count). The van der Waals surface area contributed by atoms with Crippen molar-refractivity contribution in [1.82, 2.24) is 4.90 Å². The topological polar surface area (TPSA) is 20.3 Å². The molecule has 0 saturated heterocycles. The van der Waals surface area contributed by atoms with Gasteiger partial charge in [0.05, 0.1) is 0 Å². The molecule has 0 saturated carbocycles. The summed E-state index contributed by atoms with van der Waals surface area (Å²) in [7, 11) is 3.44. The normalized spacial score (nSPS) is 17.2. The summed E-state index contributed by atoms with van der Waals surface area (Å²) < 4.78 is 45.5. The molecule has 0 radical (unpaired) electrons. The summed E-state index contributed by atoms with van der Waals surface area (Å²) in [4.78, 5) is 16.6. The molecule has 6 aromatic rings. The lowest BCUT2D eigenvalue weighted by molar-refractivity contribution is -0.132. The second-order valence-corrected chi connectivity index (χ2v) is 12.2. The van der Waals surface area contributed by atoms with Gasteiger partial charge in [0.25, 0.3) is 0 Å². The molecule has 2 nitrogen and oxygen atoms in total. The molecule has 6 aromatic carbocycles. The molecule has 2 bridgehead atoms. The summed E-state index contributed by atoms with van der Waals surface area (Å²) in [6, 6.07) is 37.3. The fourth-order valence-electron chi connectivity index (χ4n) is 7.61. The predicted molar refractivity (Wildman–Crippen MR) is 175 cm³/mol.